The van der Waals surface area contributed by atoms with Gasteiger partial charge in [-0.3, -0.25) is 14.4 Å². The van der Waals surface area contributed by atoms with Crippen LogP contribution in [0.2, 0.25) is 0 Å². The maximum atomic E-state index is 10.8. The van der Waals surface area contributed by atoms with Crippen LogP contribution in [-0.4, -0.2) is 40.4 Å². The number of esters is 2. The number of carbonyl (C=O) groups is 4. The highest BCUT2D eigenvalue weighted by Crippen LogP contribution is 1.99. The second kappa shape index (κ2) is 10.5. The lowest BCUT2D eigenvalue weighted by Crippen LogP contribution is -2.20. The molecule has 1 atom stereocenters. The molecule has 0 bridgehead atoms. The smallest absolute Gasteiger partial charge is 0.336 e. The molecule has 0 fully saturated rings. The minimum absolute atomic E-state index is 0.272. The van der Waals surface area contributed by atoms with E-state index >= 15 is 0 Å². The molecule has 8 nitrogen and oxygen atoms in total. The largest absolute Gasteiger partial charge is 0.481 e. The van der Waals surface area contributed by atoms with Gasteiger partial charge in [0.25, 0.3) is 0 Å². The average Bonchev–Trinajstić information content (AvgIpc) is 2.25. The van der Waals surface area contributed by atoms with Crippen molar-refractivity contribution >= 4 is 23.9 Å². The minimum Gasteiger partial charge on any atom is -0.481 e. The molecule has 0 aromatic carbocycles. The molecule has 0 aliphatic rings. The second-order valence-corrected chi connectivity index (χ2v) is 3.65. The van der Waals surface area contributed by atoms with Gasteiger partial charge in [-0.15, -0.1) is 0 Å². The Morgan fingerprint density at radius 1 is 1.00 bits per heavy atom. The average molecular weight is 290 g/mol. The molecule has 0 saturated heterocycles. The predicted molar refractivity (Wildman–Crippen MR) is 66.6 cm³/mol. The van der Waals surface area contributed by atoms with E-state index in [9.17, 15) is 19.2 Å². The second-order valence-electron chi connectivity index (χ2n) is 3.65. The number of carboxylic acids is 2. The SMILES string of the molecule is C=C(C)C(=O)OC(C)OC(C)=O.O=C(O)CCC(=O)O. The van der Waals surface area contributed by atoms with Crippen molar-refractivity contribution in [1.29, 1.82) is 0 Å². The van der Waals surface area contributed by atoms with Crippen LogP contribution in [-0.2, 0) is 28.7 Å². The van der Waals surface area contributed by atoms with Crippen LogP contribution in [0, 0.1) is 0 Å². The number of ether oxygens (including phenoxy) is 2. The molecule has 8 heteroatoms. The maximum Gasteiger partial charge on any atom is 0.336 e. The molecule has 0 rings (SSSR count). The molecule has 0 aromatic heterocycles. The van der Waals surface area contributed by atoms with E-state index in [0.29, 0.717) is 0 Å². The molecule has 0 aliphatic carbocycles. The number of carboxylic acid groups (broad SMARTS) is 2. The van der Waals surface area contributed by atoms with Crippen LogP contribution >= 0.6 is 0 Å². The zero-order valence-electron chi connectivity index (χ0n) is 11.5. The summed E-state index contributed by atoms with van der Waals surface area (Å²) in [6.07, 6.45) is -1.45. The van der Waals surface area contributed by atoms with Gasteiger partial charge in [-0.1, -0.05) is 6.58 Å². The van der Waals surface area contributed by atoms with E-state index in [4.69, 9.17) is 10.2 Å². The van der Waals surface area contributed by atoms with E-state index in [1.54, 1.807) is 0 Å². The van der Waals surface area contributed by atoms with Crippen LogP contribution in [0.5, 0.6) is 0 Å². The molecule has 0 radical (unpaired) electrons. The molecule has 0 aliphatic heterocycles. The Morgan fingerprint density at radius 3 is 1.65 bits per heavy atom. The van der Waals surface area contributed by atoms with Crippen LogP contribution in [0.25, 0.3) is 0 Å². The van der Waals surface area contributed by atoms with Crippen LogP contribution in [0.15, 0.2) is 12.2 Å². The van der Waals surface area contributed by atoms with Crippen molar-refractivity contribution in [2.45, 2.75) is 39.9 Å². The fourth-order valence-corrected chi connectivity index (χ4v) is 0.723. The van der Waals surface area contributed by atoms with Gasteiger partial charge in [-0.05, 0) is 6.92 Å². The van der Waals surface area contributed by atoms with Crippen molar-refractivity contribution in [3.8, 4) is 0 Å². The molecule has 114 valence electrons. The third-order valence-electron chi connectivity index (χ3n) is 1.51. The van der Waals surface area contributed by atoms with Crippen molar-refractivity contribution < 1.29 is 38.9 Å². The standard InChI is InChI=1S/C8H12O4.C4H6O4/c1-5(2)8(10)12-7(4)11-6(3)9;5-3(6)1-2-4(7)8/h7H,1H2,2-4H3;1-2H2,(H,5,6)(H,7,8). The summed E-state index contributed by atoms with van der Waals surface area (Å²) in [6, 6.07) is 0. The van der Waals surface area contributed by atoms with Gasteiger partial charge in [-0.25, -0.2) is 4.79 Å². The first-order chi connectivity index (χ1) is 9.06. The summed E-state index contributed by atoms with van der Waals surface area (Å²) < 4.78 is 9.19. The number of aliphatic carboxylic acids is 2. The topological polar surface area (TPSA) is 127 Å². The molecule has 0 saturated carbocycles. The summed E-state index contributed by atoms with van der Waals surface area (Å²) in [4.78, 5) is 40.5. The van der Waals surface area contributed by atoms with E-state index in [0.717, 1.165) is 0 Å². The van der Waals surface area contributed by atoms with E-state index in [-0.39, 0.29) is 18.4 Å². The first-order valence-corrected chi connectivity index (χ1v) is 5.53. The quantitative estimate of drug-likeness (QED) is 0.420. The Bertz CT molecular complexity index is 371. The Balaban J connectivity index is 0. The lowest BCUT2D eigenvalue weighted by molar-refractivity contribution is -0.180. The summed E-state index contributed by atoms with van der Waals surface area (Å²) in [5.41, 5.74) is 0.272. The van der Waals surface area contributed by atoms with Crippen molar-refractivity contribution in [2.24, 2.45) is 0 Å². The van der Waals surface area contributed by atoms with Gasteiger partial charge in [0.15, 0.2) is 0 Å². The zero-order valence-corrected chi connectivity index (χ0v) is 11.5. The fourth-order valence-electron chi connectivity index (χ4n) is 0.723. The highest BCUT2D eigenvalue weighted by Gasteiger charge is 2.11. The number of carbonyl (C=O) groups excluding carboxylic acids is 2. The highest BCUT2D eigenvalue weighted by molar-refractivity contribution is 5.87. The van der Waals surface area contributed by atoms with E-state index < -0.39 is 30.2 Å². The summed E-state index contributed by atoms with van der Waals surface area (Å²) in [5.74, 6) is -3.21. The van der Waals surface area contributed by atoms with Crippen molar-refractivity contribution in [2.75, 3.05) is 0 Å². The van der Waals surface area contributed by atoms with Crippen LogP contribution in [0.4, 0.5) is 0 Å². The number of rotatable bonds is 6. The van der Waals surface area contributed by atoms with Crippen LogP contribution < -0.4 is 0 Å². The number of hydrogen-bond donors (Lipinski definition) is 2. The first kappa shape index (κ1) is 19.9. The molecule has 1 unspecified atom stereocenters. The number of hydrogen-bond acceptors (Lipinski definition) is 6. The van der Waals surface area contributed by atoms with Gasteiger partial charge in [-0.2, -0.15) is 0 Å². The molecule has 20 heavy (non-hydrogen) atoms. The van der Waals surface area contributed by atoms with Crippen molar-refractivity contribution in [3.05, 3.63) is 12.2 Å². The zero-order chi connectivity index (χ0) is 16.3. The van der Waals surface area contributed by atoms with Crippen LogP contribution in [0.3, 0.4) is 0 Å². The van der Waals surface area contributed by atoms with Gasteiger partial charge in [0.05, 0.1) is 12.8 Å². The van der Waals surface area contributed by atoms with E-state index in [1.165, 1.54) is 20.8 Å². The molecular weight excluding hydrogens is 272 g/mol. The van der Waals surface area contributed by atoms with Gasteiger partial charge in [0, 0.05) is 19.4 Å². The molecule has 0 aromatic rings. The van der Waals surface area contributed by atoms with Gasteiger partial charge in [0.1, 0.15) is 0 Å². The first-order valence-electron chi connectivity index (χ1n) is 5.53. The molecule has 0 heterocycles. The normalized spacial score (nSPS) is 10.3. The van der Waals surface area contributed by atoms with Gasteiger partial charge in [0.2, 0.25) is 6.29 Å². The Kier molecular flexibility index (Phi) is 10.5. The molecule has 2 N–H and O–H groups in total. The molecular formula is C12H18O8. The summed E-state index contributed by atoms with van der Waals surface area (Å²) in [5, 5.41) is 15.8. The fraction of sp³-hybridized carbons (Fsp3) is 0.500. The Hall–Kier alpha value is -2.38. The Morgan fingerprint density at radius 2 is 1.40 bits per heavy atom. The van der Waals surface area contributed by atoms with E-state index in [2.05, 4.69) is 16.1 Å². The summed E-state index contributed by atoms with van der Waals surface area (Å²) in [7, 11) is 0. The van der Waals surface area contributed by atoms with Crippen LogP contribution in [0.1, 0.15) is 33.6 Å². The van der Waals surface area contributed by atoms with Gasteiger partial charge < -0.3 is 19.7 Å². The lowest BCUT2D eigenvalue weighted by Gasteiger charge is -2.12. The van der Waals surface area contributed by atoms with E-state index in [1.807, 2.05) is 0 Å². The predicted octanol–water partition coefficient (Wildman–Crippen LogP) is 0.951. The molecule has 0 spiro atoms. The Labute approximate surface area is 116 Å². The lowest BCUT2D eigenvalue weighted by atomic mass is 10.3. The van der Waals surface area contributed by atoms with Crippen molar-refractivity contribution in [1.82, 2.24) is 0 Å². The highest BCUT2D eigenvalue weighted by atomic mass is 16.7. The summed E-state index contributed by atoms with van der Waals surface area (Å²) in [6.45, 7) is 7.59. The monoisotopic (exact) mass is 290 g/mol. The minimum atomic E-state index is -1.08. The van der Waals surface area contributed by atoms with Gasteiger partial charge >= 0.3 is 23.9 Å². The third-order valence-corrected chi connectivity index (χ3v) is 1.51. The third kappa shape index (κ3) is 15.6. The van der Waals surface area contributed by atoms with Crippen molar-refractivity contribution in [3.63, 3.8) is 0 Å². The molecule has 0 amide bonds. The summed E-state index contributed by atoms with van der Waals surface area (Å²) >= 11 is 0. The maximum absolute atomic E-state index is 10.8.